The van der Waals surface area contributed by atoms with E-state index in [0.29, 0.717) is 18.2 Å². The topological polar surface area (TPSA) is 87.8 Å². The number of halogens is 2. The molecule has 154 valence electrons. The molecule has 0 bridgehead atoms. The summed E-state index contributed by atoms with van der Waals surface area (Å²) in [5.74, 6) is 0.906. The van der Waals surface area contributed by atoms with Crippen molar-refractivity contribution in [3.63, 3.8) is 0 Å². The van der Waals surface area contributed by atoms with E-state index in [-0.39, 0.29) is 18.2 Å². The van der Waals surface area contributed by atoms with Gasteiger partial charge in [-0.1, -0.05) is 29.8 Å². The number of nitrogens with zero attached hydrogens (tertiary/aromatic N) is 3. The van der Waals surface area contributed by atoms with Crippen molar-refractivity contribution >= 4 is 51.7 Å². The first-order valence-corrected chi connectivity index (χ1v) is 11.1. The molecule has 0 aliphatic carbocycles. The van der Waals surface area contributed by atoms with E-state index in [4.69, 9.17) is 32.0 Å². The van der Waals surface area contributed by atoms with E-state index >= 15 is 0 Å². The van der Waals surface area contributed by atoms with Gasteiger partial charge in [-0.15, -0.1) is 0 Å². The number of nitrogens with one attached hydrogen (secondary N) is 2. The lowest BCUT2D eigenvalue weighted by atomic mass is 10.0. The van der Waals surface area contributed by atoms with Crippen LogP contribution in [0.3, 0.4) is 0 Å². The van der Waals surface area contributed by atoms with E-state index in [1.54, 1.807) is 0 Å². The zero-order valence-corrected chi connectivity index (χ0v) is 19.0. The molecular formula is C20H24ClIN6O. The third kappa shape index (κ3) is 4.36. The lowest BCUT2D eigenvalue weighted by Gasteiger charge is -2.29. The fourth-order valence-electron chi connectivity index (χ4n) is 3.64. The monoisotopic (exact) mass is 526 g/mol. The number of aromatic nitrogens is 1. The quantitative estimate of drug-likeness (QED) is 0.420. The smallest absolute Gasteiger partial charge is 0.130 e. The highest BCUT2D eigenvalue weighted by Gasteiger charge is 2.30. The van der Waals surface area contributed by atoms with Crippen LogP contribution in [0.2, 0.25) is 5.02 Å². The highest BCUT2D eigenvalue weighted by atomic mass is 127. The van der Waals surface area contributed by atoms with Crippen LogP contribution in [0.1, 0.15) is 18.1 Å². The number of aliphatic imine (C=N–C) groups is 1. The Morgan fingerprint density at radius 2 is 2.07 bits per heavy atom. The van der Waals surface area contributed by atoms with Crippen LogP contribution in [-0.2, 0) is 4.74 Å². The van der Waals surface area contributed by atoms with E-state index in [1.165, 1.54) is 0 Å². The molecule has 1 aromatic heterocycles. The van der Waals surface area contributed by atoms with Crippen molar-refractivity contribution in [2.75, 3.05) is 36.5 Å². The Morgan fingerprint density at radius 3 is 2.79 bits per heavy atom. The number of hydrogen-bond donors (Lipinski definition) is 3. The van der Waals surface area contributed by atoms with Crippen LogP contribution in [0, 0.1) is 0 Å². The standard InChI is InChI=1S/C20H24ClIN6O/c1-12(27-22)18-20(23)25-16-10-17(28-6-8-29-9-7-28)24-11-14(16)19(26-18)13-4-2-3-5-15(13)21/h2-5,10-12,18,20,25,27H,6-9,23H2,1H3. The Morgan fingerprint density at radius 1 is 1.31 bits per heavy atom. The molecule has 0 amide bonds. The number of rotatable bonds is 4. The van der Waals surface area contributed by atoms with Crippen molar-refractivity contribution in [2.24, 2.45) is 10.7 Å². The Bertz CT molecular complexity index is 904. The van der Waals surface area contributed by atoms with Gasteiger partial charge in [0.1, 0.15) is 5.82 Å². The van der Waals surface area contributed by atoms with Crippen LogP contribution in [0.5, 0.6) is 0 Å². The maximum atomic E-state index is 6.54. The van der Waals surface area contributed by atoms with Crippen LogP contribution < -0.4 is 19.5 Å². The van der Waals surface area contributed by atoms with Crippen LogP contribution >= 0.6 is 34.5 Å². The molecule has 29 heavy (non-hydrogen) atoms. The second-order valence-electron chi connectivity index (χ2n) is 7.20. The summed E-state index contributed by atoms with van der Waals surface area (Å²) in [6.07, 6.45) is 1.51. The first-order valence-electron chi connectivity index (χ1n) is 9.62. The third-order valence-corrected chi connectivity index (χ3v) is 6.57. The van der Waals surface area contributed by atoms with Gasteiger partial charge in [-0.25, -0.2) is 4.98 Å². The zero-order chi connectivity index (χ0) is 20.4. The normalized spacial score (nSPS) is 22.9. The number of pyridine rings is 1. The predicted octanol–water partition coefficient (Wildman–Crippen LogP) is 2.82. The van der Waals surface area contributed by atoms with Crippen molar-refractivity contribution < 1.29 is 4.74 Å². The molecule has 2 aliphatic heterocycles. The Balaban J connectivity index is 1.81. The second-order valence-corrected chi connectivity index (χ2v) is 8.23. The molecule has 0 saturated carbocycles. The van der Waals surface area contributed by atoms with E-state index in [2.05, 4.69) is 49.6 Å². The molecule has 2 aromatic rings. The van der Waals surface area contributed by atoms with Gasteiger partial charge in [0.25, 0.3) is 0 Å². The molecule has 7 nitrogen and oxygen atoms in total. The van der Waals surface area contributed by atoms with E-state index in [0.717, 1.165) is 41.4 Å². The van der Waals surface area contributed by atoms with Crippen LogP contribution in [0.25, 0.3) is 0 Å². The van der Waals surface area contributed by atoms with Crippen molar-refractivity contribution in [1.29, 1.82) is 0 Å². The molecule has 9 heteroatoms. The fourth-order valence-corrected chi connectivity index (χ4v) is 4.23. The number of fused-ring (bicyclic) bond motifs is 1. The summed E-state index contributed by atoms with van der Waals surface area (Å²) in [6, 6.07) is 9.68. The first kappa shape index (κ1) is 20.8. The van der Waals surface area contributed by atoms with E-state index < -0.39 is 0 Å². The van der Waals surface area contributed by atoms with Crippen LogP contribution in [0.15, 0.2) is 41.5 Å². The fraction of sp³-hybridized carbons (Fsp3) is 0.400. The minimum absolute atomic E-state index is 0.0663. The predicted molar refractivity (Wildman–Crippen MR) is 126 cm³/mol. The van der Waals surface area contributed by atoms with Crippen molar-refractivity contribution in [3.05, 3.63) is 52.7 Å². The molecular weight excluding hydrogens is 503 g/mol. The highest BCUT2D eigenvalue weighted by Crippen LogP contribution is 2.31. The largest absolute Gasteiger partial charge is 0.378 e. The average molecular weight is 527 g/mol. The Labute approximate surface area is 189 Å². The molecule has 3 unspecified atom stereocenters. The molecule has 4 N–H and O–H groups in total. The minimum Gasteiger partial charge on any atom is -0.378 e. The lowest BCUT2D eigenvalue weighted by molar-refractivity contribution is 0.122. The summed E-state index contributed by atoms with van der Waals surface area (Å²) >= 11 is 8.68. The molecule has 0 radical (unpaired) electrons. The van der Waals surface area contributed by atoms with Gasteiger partial charge in [0.15, 0.2) is 0 Å². The van der Waals surface area contributed by atoms with Gasteiger partial charge >= 0.3 is 0 Å². The number of morpholine rings is 1. The number of hydrogen-bond acceptors (Lipinski definition) is 7. The summed E-state index contributed by atoms with van der Waals surface area (Å²) < 4.78 is 8.71. The maximum absolute atomic E-state index is 6.54. The maximum Gasteiger partial charge on any atom is 0.130 e. The van der Waals surface area contributed by atoms with E-state index in [9.17, 15) is 0 Å². The number of benzene rings is 1. The molecule has 0 spiro atoms. The molecule has 1 saturated heterocycles. The molecule has 3 atom stereocenters. The van der Waals surface area contributed by atoms with E-state index in [1.807, 2.05) is 30.5 Å². The van der Waals surface area contributed by atoms with Gasteiger partial charge in [0, 0.05) is 70.4 Å². The number of ether oxygens (including phenoxy) is 1. The van der Waals surface area contributed by atoms with Gasteiger partial charge in [0.2, 0.25) is 0 Å². The van der Waals surface area contributed by atoms with Crippen molar-refractivity contribution in [3.8, 4) is 0 Å². The summed E-state index contributed by atoms with van der Waals surface area (Å²) in [7, 11) is 0. The SMILES string of the molecule is CC(NI)C1N=C(c2ccccc2Cl)c2cnc(N3CCOCC3)cc2NC1N. The van der Waals surface area contributed by atoms with Crippen LogP contribution in [-0.4, -0.2) is 55.2 Å². The molecule has 3 heterocycles. The van der Waals surface area contributed by atoms with Gasteiger partial charge in [0.05, 0.1) is 36.8 Å². The summed E-state index contributed by atoms with van der Waals surface area (Å²) in [5, 5.41) is 4.12. The Hall–Kier alpha value is -1.46. The molecule has 4 rings (SSSR count). The lowest BCUT2D eigenvalue weighted by Crippen LogP contribution is -2.48. The third-order valence-electron chi connectivity index (χ3n) is 5.26. The molecule has 1 fully saturated rings. The zero-order valence-electron chi connectivity index (χ0n) is 16.1. The Kier molecular flexibility index (Phi) is 6.55. The van der Waals surface area contributed by atoms with Crippen molar-refractivity contribution in [1.82, 2.24) is 8.51 Å². The molecule has 1 aromatic carbocycles. The average Bonchev–Trinajstić information content (AvgIpc) is 2.89. The summed E-state index contributed by atoms with van der Waals surface area (Å²) in [4.78, 5) is 12.0. The highest BCUT2D eigenvalue weighted by molar-refractivity contribution is 14.1. The van der Waals surface area contributed by atoms with Gasteiger partial charge in [-0.2, -0.15) is 0 Å². The molecule has 2 aliphatic rings. The second kappa shape index (κ2) is 9.13. The summed E-state index contributed by atoms with van der Waals surface area (Å²) in [5.41, 5.74) is 10.0. The number of nitrogens with two attached hydrogens (primary N) is 1. The van der Waals surface area contributed by atoms with Crippen LogP contribution in [0.4, 0.5) is 11.5 Å². The summed E-state index contributed by atoms with van der Waals surface area (Å²) in [6.45, 7) is 5.13. The van der Waals surface area contributed by atoms with Gasteiger partial charge in [-0.05, 0) is 13.0 Å². The van der Waals surface area contributed by atoms with Gasteiger partial charge in [-0.3, -0.25) is 8.52 Å². The van der Waals surface area contributed by atoms with Crippen molar-refractivity contribution in [2.45, 2.75) is 25.2 Å². The minimum atomic E-state index is -0.356. The number of anilines is 2. The first-order chi connectivity index (χ1) is 14.1. The van der Waals surface area contributed by atoms with Gasteiger partial charge < -0.3 is 20.7 Å².